The molecule has 0 unspecified atom stereocenters. The SMILES string of the molecule is NS(=O)(=O)C1CC1.[Na]. The molecule has 0 spiro atoms. The summed E-state index contributed by atoms with van der Waals surface area (Å²) in [6.45, 7) is 0. The van der Waals surface area contributed by atoms with Gasteiger partial charge >= 0.3 is 0 Å². The monoisotopic (exact) mass is 144 g/mol. The Labute approximate surface area is 71.0 Å². The van der Waals surface area contributed by atoms with Crippen molar-refractivity contribution >= 4 is 39.6 Å². The molecule has 0 aliphatic heterocycles. The maximum Gasteiger partial charge on any atom is 0.211 e. The normalized spacial score (nSPS) is 19.6. The van der Waals surface area contributed by atoms with Crippen molar-refractivity contribution in [3.63, 3.8) is 0 Å². The van der Waals surface area contributed by atoms with Crippen LogP contribution in [0.25, 0.3) is 0 Å². The standard InChI is InChI=1S/C3H7NO2S.Na/c4-7(5,6)3-1-2-3;/h3H,1-2H2,(H2,4,5,6);. The molecule has 0 bridgehead atoms. The largest absolute Gasteiger partial charge is 0.228 e. The molecular weight excluding hydrogens is 137 g/mol. The summed E-state index contributed by atoms with van der Waals surface area (Å²) in [5.41, 5.74) is 0. The van der Waals surface area contributed by atoms with Gasteiger partial charge in [0.2, 0.25) is 10.0 Å². The average molecular weight is 144 g/mol. The van der Waals surface area contributed by atoms with Gasteiger partial charge in [0.05, 0.1) is 5.25 Å². The third-order valence-electron chi connectivity index (χ3n) is 0.989. The summed E-state index contributed by atoms with van der Waals surface area (Å²) in [4.78, 5) is 0. The van der Waals surface area contributed by atoms with Crippen LogP contribution in [-0.2, 0) is 10.0 Å². The third-order valence-corrected chi connectivity index (χ3v) is 2.39. The van der Waals surface area contributed by atoms with Crippen LogP contribution in [0.4, 0.5) is 0 Å². The van der Waals surface area contributed by atoms with Crippen molar-refractivity contribution in [2.75, 3.05) is 0 Å². The topological polar surface area (TPSA) is 60.2 Å². The van der Waals surface area contributed by atoms with E-state index in [1.54, 1.807) is 0 Å². The fourth-order valence-electron chi connectivity index (χ4n) is 0.397. The fourth-order valence-corrected chi connectivity index (χ4v) is 1.19. The molecular formula is C3H7NNaO2S. The summed E-state index contributed by atoms with van der Waals surface area (Å²) >= 11 is 0. The second-order valence-corrected chi connectivity index (χ2v) is 3.63. The zero-order valence-electron chi connectivity index (χ0n) is 4.79. The Morgan fingerprint density at radius 1 is 1.38 bits per heavy atom. The smallest absolute Gasteiger partial charge is 0.211 e. The van der Waals surface area contributed by atoms with Crippen molar-refractivity contribution in [3.8, 4) is 0 Å². The maximum atomic E-state index is 10.2. The first-order chi connectivity index (χ1) is 3.11. The van der Waals surface area contributed by atoms with Crippen molar-refractivity contribution in [1.29, 1.82) is 0 Å². The van der Waals surface area contributed by atoms with Gasteiger partial charge in [0, 0.05) is 29.6 Å². The van der Waals surface area contributed by atoms with Crippen LogP contribution in [0.5, 0.6) is 0 Å². The second kappa shape index (κ2) is 2.66. The van der Waals surface area contributed by atoms with Crippen LogP contribution < -0.4 is 5.14 Å². The number of hydrogen-bond donors (Lipinski definition) is 1. The van der Waals surface area contributed by atoms with Gasteiger partial charge in [0.1, 0.15) is 0 Å². The van der Waals surface area contributed by atoms with Crippen molar-refractivity contribution in [3.05, 3.63) is 0 Å². The van der Waals surface area contributed by atoms with E-state index in [1.165, 1.54) is 0 Å². The molecule has 0 aromatic heterocycles. The zero-order valence-corrected chi connectivity index (χ0v) is 7.61. The van der Waals surface area contributed by atoms with E-state index in [-0.39, 0.29) is 34.8 Å². The Morgan fingerprint density at radius 2 is 1.75 bits per heavy atom. The van der Waals surface area contributed by atoms with Gasteiger partial charge < -0.3 is 0 Å². The van der Waals surface area contributed by atoms with E-state index in [0.717, 1.165) is 12.8 Å². The number of primary sulfonamides is 1. The van der Waals surface area contributed by atoms with Crippen molar-refractivity contribution in [2.45, 2.75) is 18.1 Å². The van der Waals surface area contributed by atoms with Gasteiger partial charge in [-0.15, -0.1) is 0 Å². The van der Waals surface area contributed by atoms with Crippen LogP contribution in [0.2, 0.25) is 0 Å². The van der Waals surface area contributed by atoms with E-state index in [2.05, 4.69) is 0 Å². The molecule has 0 heterocycles. The van der Waals surface area contributed by atoms with Crippen LogP contribution in [-0.4, -0.2) is 43.2 Å². The predicted molar refractivity (Wildman–Crippen MR) is 31.9 cm³/mol. The van der Waals surface area contributed by atoms with E-state index in [1.807, 2.05) is 0 Å². The number of sulfonamides is 1. The molecule has 0 aromatic rings. The summed E-state index contributed by atoms with van der Waals surface area (Å²) in [6, 6.07) is 0. The molecule has 0 amide bonds. The first-order valence-electron chi connectivity index (χ1n) is 2.12. The minimum Gasteiger partial charge on any atom is -0.228 e. The average Bonchev–Trinajstić information content (AvgIpc) is 1.99. The van der Waals surface area contributed by atoms with Crippen molar-refractivity contribution in [1.82, 2.24) is 0 Å². The van der Waals surface area contributed by atoms with Gasteiger partial charge in [0.15, 0.2) is 0 Å². The van der Waals surface area contributed by atoms with E-state index >= 15 is 0 Å². The fraction of sp³-hybridized carbons (Fsp3) is 1.00. The van der Waals surface area contributed by atoms with Crippen LogP contribution in [0.15, 0.2) is 0 Å². The van der Waals surface area contributed by atoms with Crippen LogP contribution in [0.3, 0.4) is 0 Å². The molecule has 3 nitrogen and oxygen atoms in total. The second-order valence-electron chi connectivity index (χ2n) is 1.79. The quantitative estimate of drug-likeness (QED) is 0.483. The Hall–Kier alpha value is 0.910. The zero-order chi connectivity index (χ0) is 5.49. The van der Waals surface area contributed by atoms with Gasteiger partial charge in [-0.25, -0.2) is 13.6 Å². The molecule has 43 valence electrons. The molecule has 1 aliphatic carbocycles. The Kier molecular flexibility index (Phi) is 2.97. The van der Waals surface area contributed by atoms with Crippen molar-refractivity contribution in [2.24, 2.45) is 5.14 Å². The summed E-state index contributed by atoms with van der Waals surface area (Å²) in [7, 11) is -3.13. The third kappa shape index (κ3) is 2.46. The first-order valence-corrected chi connectivity index (χ1v) is 3.73. The Morgan fingerprint density at radius 3 is 1.75 bits per heavy atom. The molecule has 0 aromatic carbocycles. The molecule has 1 aliphatic rings. The van der Waals surface area contributed by atoms with E-state index < -0.39 is 10.0 Å². The number of nitrogens with two attached hydrogens (primary N) is 1. The van der Waals surface area contributed by atoms with E-state index in [4.69, 9.17) is 5.14 Å². The Balaban J connectivity index is 0.000000490. The number of hydrogen-bond acceptors (Lipinski definition) is 2. The molecule has 1 rings (SSSR count). The van der Waals surface area contributed by atoms with Gasteiger partial charge in [-0.2, -0.15) is 0 Å². The van der Waals surface area contributed by atoms with Gasteiger partial charge in [-0.05, 0) is 12.8 Å². The summed E-state index contributed by atoms with van der Waals surface area (Å²) in [6.07, 6.45) is 1.53. The minimum absolute atomic E-state index is 0. The van der Waals surface area contributed by atoms with Gasteiger partial charge in [-0.1, -0.05) is 0 Å². The van der Waals surface area contributed by atoms with Gasteiger partial charge in [0.25, 0.3) is 0 Å². The molecule has 5 heteroatoms. The van der Waals surface area contributed by atoms with Crippen LogP contribution in [0.1, 0.15) is 12.8 Å². The van der Waals surface area contributed by atoms with E-state index in [0.29, 0.717) is 0 Å². The van der Waals surface area contributed by atoms with Gasteiger partial charge in [-0.3, -0.25) is 0 Å². The minimum atomic E-state index is -3.13. The summed E-state index contributed by atoms with van der Waals surface area (Å²) in [5.74, 6) is 0. The molecule has 1 saturated carbocycles. The molecule has 0 saturated heterocycles. The summed E-state index contributed by atoms with van der Waals surface area (Å²) in [5, 5.41) is 4.51. The number of rotatable bonds is 1. The summed E-state index contributed by atoms with van der Waals surface area (Å²) < 4.78 is 20.3. The Bertz CT molecular complexity index is 160. The molecule has 1 radical (unpaired) electrons. The molecule has 1 fully saturated rings. The first kappa shape index (κ1) is 8.91. The molecule has 8 heavy (non-hydrogen) atoms. The van der Waals surface area contributed by atoms with E-state index in [9.17, 15) is 8.42 Å². The van der Waals surface area contributed by atoms with Crippen LogP contribution in [0, 0.1) is 0 Å². The molecule has 0 atom stereocenters. The van der Waals surface area contributed by atoms with Crippen molar-refractivity contribution < 1.29 is 8.42 Å². The maximum absolute atomic E-state index is 10.2. The molecule has 2 N–H and O–H groups in total. The predicted octanol–water partition coefficient (Wildman–Crippen LogP) is -0.943. The van der Waals surface area contributed by atoms with Crippen LogP contribution >= 0.6 is 0 Å².